The van der Waals surface area contributed by atoms with Crippen molar-refractivity contribution in [3.05, 3.63) is 59.9 Å². The van der Waals surface area contributed by atoms with Crippen molar-refractivity contribution in [1.29, 1.82) is 0 Å². The molecule has 2 N–H and O–H groups in total. The van der Waals surface area contributed by atoms with Gasteiger partial charge >= 0.3 is 0 Å². The first-order valence-corrected chi connectivity index (χ1v) is 11.2. The van der Waals surface area contributed by atoms with Gasteiger partial charge in [-0.25, -0.2) is 4.99 Å². The number of guanidine groups is 1. The lowest BCUT2D eigenvalue weighted by Gasteiger charge is -2.31. The van der Waals surface area contributed by atoms with E-state index in [0.717, 1.165) is 62.1 Å². The molecule has 0 unspecified atom stereocenters. The third-order valence-electron chi connectivity index (χ3n) is 5.35. The number of likely N-dealkylation sites (N-methyl/N-ethyl adjacent to an activating group) is 1. The normalized spacial score (nSPS) is 15.1. The molecule has 7 heteroatoms. The predicted octanol–water partition coefficient (Wildman–Crippen LogP) is 2.83. The van der Waals surface area contributed by atoms with E-state index >= 15 is 0 Å². The monoisotopic (exact) mass is 425 g/mol. The maximum atomic E-state index is 6.01. The second kappa shape index (κ2) is 12.9. The molecular formula is C24H35N5O2. The fourth-order valence-corrected chi connectivity index (χ4v) is 3.54. The highest BCUT2D eigenvalue weighted by molar-refractivity contribution is 5.79. The van der Waals surface area contributed by atoms with Crippen LogP contribution in [0.3, 0.4) is 0 Å². The van der Waals surface area contributed by atoms with E-state index in [1.807, 2.05) is 30.3 Å². The fourth-order valence-electron chi connectivity index (χ4n) is 3.54. The molecule has 168 valence electrons. The molecule has 0 atom stereocenters. The van der Waals surface area contributed by atoms with E-state index in [4.69, 9.17) is 14.5 Å². The summed E-state index contributed by atoms with van der Waals surface area (Å²) < 4.78 is 11.5. The number of nitrogens with one attached hydrogen (secondary N) is 2. The molecule has 1 aliphatic heterocycles. The minimum Gasteiger partial charge on any atom is -0.492 e. The lowest BCUT2D eigenvalue weighted by molar-refractivity contribution is 0.0392. The van der Waals surface area contributed by atoms with Gasteiger partial charge in [-0.3, -0.25) is 9.88 Å². The summed E-state index contributed by atoms with van der Waals surface area (Å²) in [4.78, 5) is 11.4. The van der Waals surface area contributed by atoms with Gasteiger partial charge in [-0.05, 0) is 56.6 Å². The molecule has 1 fully saturated rings. The standard InChI is InChI=1S/C24H35N5O2/c1-3-25-24(28-19-21-8-4-5-12-26-21)27-18-20-7-6-9-23(17-20)31-16-13-29(2)22-10-14-30-15-11-22/h4-9,12,17,22H,3,10-11,13-16,18-19H2,1-2H3,(H2,25,27,28). The van der Waals surface area contributed by atoms with Crippen LogP contribution >= 0.6 is 0 Å². The van der Waals surface area contributed by atoms with Gasteiger partial charge < -0.3 is 20.1 Å². The molecule has 0 bridgehead atoms. The second-order valence-corrected chi connectivity index (χ2v) is 7.69. The van der Waals surface area contributed by atoms with Crippen LogP contribution in [0.25, 0.3) is 0 Å². The zero-order chi connectivity index (χ0) is 21.7. The summed E-state index contributed by atoms with van der Waals surface area (Å²) in [5, 5.41) is 6.61. The molecule has 0 saturated carbocycles. The summed E-state index contributed by atoms with van der Waals surface area (Å²) in [6.45, 7) is 7.40. The zero-order valence-electron chi connectivity index (χ0n) is 18.7. The van der Waals surface area contributed by atoms with Gasteiger partial charge in [0.2, 0.25) is 0 Å². The van der Waals surface area contributed by atoms with Crippen molar-refractivity contribution < 1.29 is 9.47 Å². The summed E-state index contributed by atoms with van der Waals surface area (Å²) in [5.41, 5.74) is 2.10. The Balaban J connectivity index is 1.47. The average molecular weight is 426 g/mol. The number of hydrogen-bond donors (Lipinski definition) is 2. The van der Waals surface area contributed by atoms with Crippen LogP contribution < -0.4 is 15.4 Å². The van der Waals surface area contributed by atoms with Crippen LogP contribution in [0.15, 0.2) is 53.7 Å². The molecule has 1 aromatic heterocycles. The SMILES string of the molecule is CCNC(=NCc1cccc(OCCN(C)C2CCOCC2)c1)NCc1ccccn1. The topological polar surface area (TPSA) is 71.0 Å². The van der Waals surface area contributed by atoms with E-state index in [-0.39, 0.29) is 0 Å². The molecule has 0 aliphatic carbocycles. The number of pyridine rings is 1. The number of hydrogen-bond acceptors (Lipinski definition) is 5. The zero-order valence-corrected chi connectivity index (χ0v) is 18.7. The smallest absolute Gasteiger partial charge is 0.191 e. The first kappa shape index (κ1) is 23.0. The van der Waals surface area contributed by atoms with Crippen molar-refractivity contribution in [1.82, 2.24) is 20.5 Å². The molecule has 2 heterocycles. The Bertz CT molecular complexity index is 794. The molecule has 0 radical (unpaired) electrons. The molecule has 1 aliphatic rings. The summed E-state index contributed by atoms with van der Waals surface area (Å²) in [6.07, 6.45) is 4.01. The van der Waals surface area contributed by atoms with Crippen molar-refractivity contribution in [3.63, 3.8) is 0 Å². The van der Waals surface area contributed by atoms with Crippen molar-refractivity contribution in [2.45, 2.75) is 38.9 Å². The number of ether oxygens (including phenoxy) is 2. The van der Waals surface area contributed by atoms with Gasteiger partial charge in [0.05, 0.1) is 18.8 Å². The molecule has 1 aromatic carbocycles. The van der Waals surface area contributed by atoms with Crippen LogP contribution in [-0.2, 0) is 17.8 Å². The number of benzene rings is 1. The van der Waals surface area contributed by atoms with E-state index in [2.05, 4.69) is 46.6 Å². The highest BCUT2D eigenvalue weighted by Crippen LogP contribution is 2.15. The Labute approximate surface area is 185 Å². The number of rotatable bonds is 10. The minimum absolute atomic E-state index is 0.580. The molecule has 0 amide bonds. The van der Waals surface area contributed by atoms with Crippen LogP contribution in [0, 0.1) is 0 Å². The van der Waals surface area contributed by atoms with E-state index in [9.17, 15) is 0 Å². The first-order chi connectivity index (χ1) is 15.2. The summed E-state index contributed by atoms with van der Waals surface area (Å²) in [7, 11) is 2.17. The van der Waals surface area contributed by atoms with E-state index in [1.54, 1.807) is 6.20 Å². The molecule has 31 heavy (non-hydrogen) atoms. The second-order valence-electron chi connectivity index (χ2n) is 7.69. The molecule has 7 nitrogen and oxygen atoms in total. The van der Waals surface area contributed by atoms with Gasteiger partial charge in [0.25, 0.3) is 0 Å². The van der Waals surface area contributed by atoms with Gasteiger partial charge in [-0.1, -0.05) is 18.2 Å². The summed E-state index contributed by atoms with van der Waals surface area (Å²) >= 11 is 0. The van der Waals surface area contributed by atoms with Crippen LogP contribution in [0.4, 0.5) is 0 Å². The third-order valence-corrected chi connectivity index (χ3v) is 5.35. The average Bonchev–Trinajstić information content (AvgIpc) is 2.82. The van der Waals surface area contributed by atoms with Crippen molar-refractivity contribution in [3.8, 4) is 5.75 Å². The maximum absolute atomic E-state index is 6.01. The van der Waals surface area contributed by atoms with Crippen LogP contribution in [0.5, 0.6) is 5.75 Å². The molecule has 0 spiro atoms. The van der Waals surface area contributed by atoms with E-state index in [0.29, 0.717) is 25.7 Å². The van der Waals surface area contributed by atoms with Crippen molar-refractivity contribution in [2.24, 2.45) is 4.99 Å². The molecule has 1 saturated heterocycles. The quantitative estimate of drug-likeness (QED) is 0.451. The number of nitrogens with zero attached hydrogens (tertiary/aromatic N) is 3. The largest absolute Gasteiger partial charge is 0.492 e. The molecule has 3 rings (SSSR count). The third kappa shape index (κ3) is 8.19. The first-order valence-electron chi connectivity index (χ1n) is 11.2. The lowest BCUT2D eigenvalue weighted by atomic mass is 10.1. The van der Waals surface area contributed by atoms with Gasteiger partial charge in [0, 0.05) is 38.5 Å². The summed E-state index contributed by atoms with van der Waals surface area (Å²) in [5.74, 6) is 1.66. The fraction of sp³-hybridized carbons (Fsp3) is 0.500. The van der Waals surface area contributed by atoms with Gasteiger partial charge in [0.15, 0.2) is 5.96 Å². The lowest BCUT2D eigenvalue weighted by Crippen LogP contribution is -2.38. The number of aliphatic imine (C=N–C) groups is 1. The highest BCUT2D eigenvalue weighted by atomic mass is 16.5. The Morgan fingerprint density at radius 1 is 1.19 bits per heavy atom. The predicted molar refractivity (Wildman–Crippen MR) is 124 cm³/mol. The van der Waals surface area contributed by atoms with Gasteiger partial charge in [-0.15, -0.1) is 0 Å². The Hall–Kier alpha value is -2.64. The van der Waals surface area contributed by atoms with Gasteiger partial charge in [-0.2, -0.15) is 0 Å². The molecular weight excluding hydrogens is 390 g/mol. The van der Waals surface area contributed by atoms with Crippen LogP contribution in [-0.4, -0.2) is 61.8 Å². The van der Waals surface area contributed by atoms with E-state index in [1.165, 1.54) is 0 Å². The van der Waals surface area contributed by atoms with Gasteiger partial charge in [0.1, 0.15) is 12.4 Å². The van der Waals surface area contributed by atoms with Crippen molar-refractivity contribution in [2.75, 3.05) is 40.0 Å². The van der Waals surface area contributed by atoms with Crippen molar-refractivity contribution >= 4 is 5.96 Å². The summed E-state index contributed by atoms with van der Waals surface area (Å²) in [6, 6.07) is 14.7. The maximum Gasteiger partial charge on any atom is 0.191 e. The Morgan fingerprint density at radius 3 is 2.84 bits per heavy atom. The van der Waals surface area contributed by atoms with E-state index < -0.39 is 0 Å². The highest BCUT2D eigenvalue weighted by Gasteiger charge is 2.17. The minimum atomic E-state index is 0.580. The Morgan fingerprint density at radius 2 is 2.06 bits per heavy atom. The van der Waals surface area contributed by atoms with Crippen LogP contribution in [0.1, 0.15) is 31.0 Å². The molecule has 2 aromatic rings. The number of aromatic nitrogens is 1. The van der Waals surface area contributed by atoms with Crippen LogP contribution in [0.2, 0.25) is 0 Å². The Kier molecular flexibility index (Phi) is 9.60.